The van der Waals surface area contributed by atoms with Crippen molar-refractivity contribution in [1.82, 2.24) is 9.55 Å². The molecule has 0 fully saturated rings. The van der Waals surface area contributed by atoms with Crippen molar-refractivity contribution in [2.24, 2.45) is 0 Å². The summed E-state index contributed by atoms with van der Waals surface area (Å²) in [5.41, 5.74) is 0.677. The molecular weight excluding hydrogens is 222 g/mol. The van der Waals surface area contributed by atoms with E-state index in [2.05, 4.69) is 4.98 Å². The largest absolute Gasteiger partial charge is 0.491 e. The Morgan fingerprint density at radius 2 is 2.18 bits per heavy atom. The van der Waals surface area contributed by atoms with Gasteiger partial charge >= 0.3 is 7.12 Å². The average molecular weight is 234 g/mol. The van der Waals surface area contributed by atoms with Gasteiger partial charge in [-0.2, -0.15) is 0 Å². The number of hydrogen-bond donors (Lipinski definition) is 2. The third kappa shape index (κ3) is 2.54. The van der Waals surface area contributed by atoms with Crippen LogP contribution in [0.2, 0.25) is 0 Å². The predicted octanol–water partition coefficient (Wildman–Crippen LogP) is 0.0587. The third-order valence-electron chi connectivity index (χ3n) is 2.62. The van der Waals surface area contributed by atoms with E-state index in [1.165, 1.54) is 12.1 Å². The van der Waals surface area contributed by atoms with Crippen molar-refractivity contribution in [3.63, 3.8) is 0 Å². The Kier molecular flexibility index (Phi) is 3.26. The molecule has 0 spiro atoms. The second-order valence-electron chi connectivity index (χ2n) is 3.83. The number of aromatic nitrogens is 2. The molecule has 0 aliphatic heterocycles. The molecule has 1 heterocycles. The lowest BCUT2D eigenvalue weighted by molar-refractivity contribution is 0.423. The molecule has 88 valence electrons. The fourth-order valence-electron chi connectivity index (χ4n) is 1.66. The minimum absolute atomic E-state index is 0.111. The lowest BCUT2D eigenvalue weighted by atomic mass is 9.79. The Morgan fingerprint density at radius 3 is 2.76 bits per heavy atom. The molecule has 2 rings (SSSR count). The van der Waals surface area contributed by atoms with Gasteiger partial charge in [0.2, 0.25) is 0 Å². The van der Waals surface area contributed by atoms with Gasteiger partial charge in [0.15, 0.2) is 0 Å². The van der Waals surface area contributed by atoms with Gasteiger partial charge in [-0.05, 0) is 18.6 Å². The van der Waals surface area contributed by atoms with E-state index in [1.807, 2.05) is 17.7 Å². The van der Waals surface area contributed by atoms with Crippen molar-refractivity contribution >= 4 is 12.6 Å². The zero-order chi connectivity index (χ0) is 12.4. The minimum Gasteiger partial charge on any atom is -0.423 e. The van der Waals surface area contributed by atoms with Crippen LogP contribution in [0.25, 0.3) is 0 Å². The summed E-state index contributed by atoms with van der Waals surface area (Å²) in [7, 11) is -1.79. The first-order valence-electron chi connectivity index (χ1n) is 5.20. The maximum Gasteiger partial charge on any atom is 0.491 e. The lowest BCUT2D eigenvalue weighted by Gasteiger charge is -2.08. The molecule has 1 aromatic heterocycles. The van der Waals surface area contributed by atoms with Crippen LogP contribution in [-0.4, -0.2) is 26.7 Å². The highest BCUT2D eigenvalue weighted by atomic mass is 19.1. The highest BCUT2D eigenvalue weighted by Crippen LogP contribution is 2.06. The smallest absolute Gasteiger partial charge is 0.423 e. The maximum absolute atomic E-state index is 13.2. The molecule has 0 aliphatic carbocycles. The van der Waals surface area contributed by atoms with Crippen LogP contribution >= 0.6 is 0 Å². The molecule has 4 nitrogen and oxygen atoms in total. The van der Waals surface area contributed by atoms with E-state index >= 15 is 0 Å². The molecule has 0 saturated carbocycles. The Bertz CT molecular complexity index is 528. The van der Waals surface area contributed by atoms with Gasteiger partial charge in [-0.3, -0.25) is 0 Å². The van der Waals surface area contributed by atoms with E-state index in [9.17, 15) is 4.39 Å². The number of rotatable bonds is 3. The molecule has 0 unspecified atom stereocenters. The highest BCUT2D eigenvalue weighted by molar-refractivity contribution is 6.58. The Morgan fingerprint density at radius 1 is 1.41 bits per heavy atom. The number of imidazole rings is 1. The van der Waals surface area contributed by atoms with Crippen LogP contribution in [-0.2, 0) is 6.54 Å². The quantitative estimate of drug-likeness (QED) is 0.738. The third-order valence-corrected chi connectivity index (χ3v) is 2.62. The average Bonchev–Trinajstić information content (AvgIpc) is 2.67. The first-order valence-corrected chi connectivity index (χ1v) is 5.20. The normalized spacial score (nSPS) is 10.6. The molecule has 1 aromatic carbocycles. The molecule has 6 heteroatoms. The minimum atomic E-state index is -1.79. The fourth-order valence-corrected chi connectivity index (χ4v) is 1.66. The summed E-state index contributed by atoms with van der Waals surface area (Å²) < 4.78 is 15.1. The van der Waals surface area contributed by atoms with Crippen LogP contribution in [0.15, 0.2) is 30.6 Å². The van der Waals surface area contributed by atoms with Gasteiger partial charge in [0.1, 0.15) is 11.6 Å². The van der Waals surface area contributed by atoms with Crippen LogP contribution in [0, 0.1) is 12.7 Å². The SMILES string of the molecule is Cc1nccn1Cc1ccc(F)c(B(O)O)c1. The maximum atomic E-state index is 13.2. The van der Waals surface area contributed by atoms with Crippen molar-refractivity contribution in [3.05, 3.63) is 47.8 Å². The predicted molar refractivity (Wildman–Crippen MR) is 62.3 cm³/mol. The standard InChI is InChI=1S/C11H12BFN2O2/c1-8-14-4-5-15(8)7-9-2-3-11(13)10(6-9)12(16)17/h2-6,16-17H,7H2,1H3. The zero-order valence-electron chi connectivity index (χ0n) is 9.34. The summed E-state index contributed by atoms with van der Waals surface area (Å²) in [6.07, 6.45) is 3.49. The number of nitrogens with zero attached hydrogens (tertiary/aromatic N) is 2. The van der Waals surface area contributed by atoms with Crippen molar-refractivity contribution in [2.75, 3.05) is 0 Å². The van der Waals surface area contributed by atoms with E-state index in [0.29, 0.717) is 6.54 Å². The van der Waals surface area contributed by atoms with Gasteiger partial charge in [0.25, 0.3) is 0 Å². The number of hydrogen-bond acceptors (Lipinski definition) is 3. The monoisotopic (exact) mass is 234 g/mol. The van der Waals surface area contributed by atoms with E-state index in [-0.39, 0.29) is 5.46 Å². The molecule has 0 saturated heterocycles. The van der Waals surface area contributed by atoms with Crippen LogP contribution in [0.4, 0.5) is 4.39 Å². The van der Waals surface area contributed by atoms with E-state index in [0.717, 1.165) is 11.4 Å². The van der Waals surface area contributed by atoms with E-state index in [4.69, 9.17) is 10.0 Å². The Hall–Kier alpha value is -1.66. The molecule has 0 radical (unpaired) electrons. The fraction of sp³-hybridized carbons (Fsp3) is 0.182. The van der Waals surface area contributed by atoms with Gasteiger partial charge in [-0.1, -0.05) is 12.1 Å². The molecule has 0 aliphatic rings. The molecule has 0 amide bonds. The molecule has 0 bridgehead atoms. The highest BCUT2D eigenvalue weighted by Gasteiger charge is 2.16. The molecule has 2 aromatic rings. The van der Waals surface area contributed by atoms with Gasteiger partial charge in [-0.15, -0.1) is 0 Å². The first kappa shape index (κ1) is 11.8. The van der Waals surface area contributed by atoms with Crippen LogP contribution < -0.4 is 5.46 Å². The van der Waals surface area contributed by atoms with Gasteiger partial charge < -0.3 is 14.6 Å². The molecule has 2 N–H and O–H groups in total. The van der Waals surface area contributed by atoms with Crippen molar-refractivity contribution in [3.8, 4) is 0 Å². The van der Waals surface area contributed by atoms with Gasteiger partial charge in [-0.25, -0.2) is 9.37 Å². The van der Waals surface area contributed by atoms with Crippen molar-refractivity contribution in [2.45, 2.75) is 13.5 Å². The van der Waals surface area contributed by atoms with E-state index in [1.54, 1.807) is 12.3 Å². The summed E-state index contributed by atoms with van der Waals surface area (Å²) in [6, 6.07) is 4.29. The molecule has 0 atom stereocenters. The topological polar surface area (TPSA) is 58.3 Å². The van der Waals surface area contributed by atoms with Gasteiger partial charge in [0.05, 0.1) is 0 Å². The number of benzene rings is 1. The second-order valence-corrected chi connectivity index (χ2v) is 3.83. The number of aryl methyl sites for hydroxylation is 1. The first-order chi connectivity index (χ1) is 8.08. The summed E-state index contributed by atoms with van der Waals surface area (Å²) >= 11 is 0. The molecular formula is C11H12BFN2O2. The second kappa shape index (κ2) is 4.69. The summed E-state index contributed by atoms with van der Waals surface area (Å²) in [5, 5.41) is 18.0. The van der Waals surface area contributed by atoms with Crippen molar-refractivity contribution < 1.29 is 14.4 Å². The lowest BCUT2D eigenvalue weighted by Crippen LogP contribution is -2.33. The van der Waals surface area contributed by atoms with Gasteiger partial charge in [0, 0.05) is 24.4 Å². The Balaban J connectivity index is 2.28. The molecule has 17 heavy (non-hydrogen) atoms. The van der Waals surface area contributed by atoms with Crippen molar-refractivity contribution in [1.29, 1.82) is 0 Å². The van der Waals surface area contributed by atoms with E-state index < -0.39 is 12.9 Å². The van der Waals surface area contributed by atoms with Crippen LogP contribution in [0.3, 0.4) is 0 Å². The number of halogens is 1. The summed E-state index contributed by atoms with van der Waals surface area (Å²) in [6.45, 7) is 2.39. The Labute approximate surface area is 98.5 Å². The van der Waals surface area contributed by atoms with Crippen LogP contribution in [0.5, 0.6) is 0 Å². The zero-order valence-corrected chi connectivity index (χ0v) is 9.34. The summed E-state index contributed by atoms with van der Waals surface area (Å²) in [5.74, 6) is 0.228. The van der Waals surface area contributed by atoms with Crippen LogP contribution in [0.1, 0.15) is 11.4 Å². The summed E-state index contributed by atoms with van der Waals surface area (Å²) in [4.78, 5) is 4.08.